The lowest BCUT2D eigenvalue weighted by atomic mass is 11.0. The molecule has 0 aromatic rings. The molecule has 0 spiro atoms. The van der Waals surface area contributed by atoms with Crippen molar-refractivity contribution >= 4 is 23.9 Å². The molecule has 0 bridgehead atoms. The van der Waals surface area contributed by atoms with Gasteiger partial charge in [0.15, 0.2) is 6.26 Å². The van der Waals surface area contributed by atoms with Crippen molar-refractivity contribution in [3.63, 3.8) is 0 Å². The maximum absolute atomic E-state index is 9.70. The van der Waals surface area contributed by atoms with E-state index in [2.05, 4.69) is 9.47 Å². The third-order valence-electron chi connectivity index (χ3n) is 0.437. The predicted molar refractivity (Wildman–Crippen MR) is 32.2 cm³/mol. The van der Waals surface area contributed by atoms with E-state index in [1.165, 1.54) is 0 Å². The van der Waals surface area contributed by atoms with Crippen molar-refractivity contribution in [1.29, 1.82) is 0 Å². The average Bonchev–Trinajstić information content (AvgIpc) is 1.82. The SMILES string of the molecule is O=C(O)O/C=C(\Cl)OC(=O)O. The maximum Gasteiger partial charge on any atom is 0.512 e. The molecule has 2 N–H and O–H groups in total. The topological polar surface area (TPSA) is 93.1 Å². The molecular weight excluding hydrogens is 179 g/mol. The van der Waals surface area contributed by atoms with Crippen LogP contribution in [0, 0.1) is 0 Å². The van der Waals surface area contributed by atoms with Crippen LogP contribution in [0.3, 0.4) is 0 Å². The molecule has 6 nitrogen and oxygen atoms in total. The van der Waals surface area contributed by atoms with Crippen LogP contribution in [0.4, 0.5) is 9.59 Å². The van der Waals surface area contributed by atoms with Crippen LogP contribution in [0.15, 0.2) is 11.5 Å². The third kappa shape index (κ3) is 6.46. The first-order valence-corrected chi connectivity index (χ1v) is 2.56. The molecule has 7 heteroatoms. The first-order chi connectivity index (χ1) is 5.02. The first-order valence-electron chi connectivity index (χ1n) is 2.18. The van der Waals surface area contributed by atoms with Crippen LogP contribution in [0.5, 0.6) is 0 Å². The summed E-state index contributed by atoms with van der Waals surface area (Å²) in [4.78, 5) is 19.4. The minimum absolute atomic E-state index is 0.442. The van der Waals surface area contributed by atoms with Crippen LogP contribution < -0.4 is 0 Å². The van der Waals surface area contributed by atoms with Crippen molar-refractivity contribution in [2.24, 2.45) is 0 Å². The smallest absolute Gasteiger partial charge is 0.449 e. The van der Waals surface area contributed by atoms with Crippen LogP contribution in [0.2, 0.25) is 0 Å². The summed E-state index contributed by atoms with van der Waals surface area (Å²) in [5.41, 5.74) is 0. The fourth-order valence-corrected chi connectivity index (χ4v) is 0.315. The Kier molecular flexibility index (Phi) is 3.82. The van der Waals surface area contributed by atoms with E-state index in [4.69, 9.17) is 21.8 Å². The number of carbonyl (C=O) groups is 2. The van der Waals surface area contributed by atoms with Gasteiger partial charge in [-0.05, 0) is 11.6 Å². The number of carboxylic acid groups (broad SMARTS) is 2. The summed E-state index contributed by atoms with van der Waals surface area (Å²) in [7, 11) is 0. The van der Waals surface area contributed by atoms with E-state index in [1.54, 1.807) is 0 Å². The minimum Gasteiger partial charge on any atom is -0.449 e. The molecule has 0 radical (unpaired) electrons. The molecule has 0 aliphatic heterocycles. The second kappa shape index (κ2) is 4.40. The molecular formula is C4H3ClO6. The highest BCUT2D eigenvalue weighted by atomic mass is 35.5. The molecule has 0 unspecified atom stereocenters. The molecule has 0 rings (SSSR count). The fourth-order valence-electron chi connectivity index (χ4n) is 0.204. The Morgan fingerprint density at radius 3 is 2.18 bits per heavy atom. The number of rotatable bonds is 2. The monoisotopic (exact) mass is 182 g/mol. The molecule has 0 saturated carbocycles. The van der Waals surface area contributed by atoms with Gasteiger partial charge in [-0.1, -0.05) is 0 Å². The predicted octanol–water partition coefficient (Wildman–Crippen LogP) is 1.41. The second-order valence-corrected chi connectivity index (χ2v) is 1.55. The Morgan fingerprint density at radius 2 is 1.82 bits per heavy atom. The van der Waals surface area contributed by atoms with Gasteiger partial charge in [0.2, 0.25) is 5.22 Å². The Balaban J connectivity index is 3.81. The largest absolute Gasteiger partial charge is 0.512 e. The average molecular weight is 183 g/mol. The summed E-state index contributed by atoms with van der Waals surface area (Å²) in [5, 5.41) is 15.1. The number of halogens is 1. The Labute approximate surface area is 65.6 Å². The summed E-state index contributed by atoms with van der Waals surface area (Å²) in [6, 6.07) is 0. The lowest BCUT2D eigenvalue weighted by Crippen LogP contribution is -1.98. The van der Waals surface area contributed by atoms with Crippen molar-refractivity contribution in [3.8, 4) is 0 Å². The summed E-state index contributed by atoms with van der Waals surface area (Å²) in [6.07, 6.45) is -2.82. The third-order valence-corrected chi connectivity index (χ3v) is 0.603. The van der Waals surface area contributed by atoms with Crippen LogP contribution >= 0.6 is 11.6 Å². The van der Waals surface area contributed by atoms with Gasteiger partial charge in [0.1, 0.15) is 0 Å². The molecule has 11 heavy (non-hydrogen) atoms. The van der Waals surface area contributed by atoms with Crippen molar-refractivity contribution in [3.05, 3.63) is 11.5 Å². The van der Waals surface area contributed by atoms with Gasteiger partial charge in [-0.2, -0.15) is 0 Å². The standard InChI is InChI=1S/C4H3ClO6/c5-2(11-4(8)9)1-10-3(6)7/h1H,(H,6,7)(H,8,9)/b2-1+. The lowest BCUT2D eigenvalue weighted by Gasteiger charge is -1.94. The normalized spacial score (nSPS) is 10.5. The van der Waals surface area contributed by atoms with Gasteiger partial charge < -0.3 is 19.7 Å². The molecule has 0 aromatic heterocycles. The molecule has 0 aliphatic rings. The first kappa shape index (κ1) is 9.57. The van der Waals surface area contributed by atoms with E-state index in [1.807, 2.05) is 0 Å². The van der Waals surface area contributed by atoms with E-state index >= 15 is 0 Å². The Bertz CT molecular complexity index is 197. The van der Waals surface area contributed by atoms with Gasteiger partial charge in [-0.25, -0.2) is 9.59 Å². The number of hydrogen-bond donors (Lipinski definition) is 2. The van der Waals surface area contributed by atoms with Crippen molar-refractivity contribution in [2.75, 3.05) is 0 Å². The zero-order chi connectivity index (χ0) is 8.85. The van der Waals surface area contributed by atoms with Gasteiger partial charge in [-0.15, -0.1) is 0 Å². The Morgan fingerprint density at radius 1 is 1.27 bits per heavy atom. The molecule has 0 aliphatic carbocycles. The highest BCUT2D eigenvalue weighted by Crippen LogP contribution is 2.03. The van der Waals surface area contributed by atoms with E-state index in [0.717, 1.165) is 0 Å². The summed E-state index contributed by atoms with van der Waals surface area (Å²) >= 11 is 4.99. The maximum atomic E-state index is 9.70. The van der Waals surface area contributed by atoms with Gasteiger partial charge >= 0.3 is 12.3 Å². The lowest BCUT2D eigenvalue weighted by molar-refractivity contribution is 0.111. The van der Waals surface area contributed by atoms with Crippen LogP contribution in [-0.2, 0) is 9.47 Å². The number of ether oxygens (including phenoxy) is 2. The molecule has 0 amide bonds. The highest BCUT2D eigenvalue weighted by Gasteiger charge is 2.02. The van der Waals surface area contributed by atoms with Gasteiger partial charge in [0.25, 0.3) is 0 Å². The molecule has 0 aromatic carbocycles. The zero-order valence-corrected chi connectivity index (χ0v) is 5.74. The fraction of sp³-hybridized carbons (Fsp3) is 0. The van der Waals surface area contributed by atoms with Gasteiger partial charge in [-0.3, -0.25) is 0 Å². The zero-order valence-electron chi connectivity index (χ0n) is 4.98. The van der Waals surface area contributed by atoms with Crippen molar-refractivity contribution < 1.29 is 29.3 Å². The number of hydrogen-bond acceptors (Lipinski definition) is 4. The van der Waals surface area contributed by atoms with Crippen LogP contribution in [-0.4, -0.2) is 22.5 Å². The van der Waals surface area contributed by atoms with Crippen LogP contribution in [0.25, 0.3) is 0 Å². The highest BCUT2D eigenvalue weighted by molar-refractivity contribution is 6.28. The van der Waals surface area contributed by atoms with Gasteiger partial charge in [0.05, 0.1) is 0 Å². The minimum atomic E-state index is -1.65. The van der Waals surface area contributed by atoms with E-state index < -0.39 is 17.5 Å². The summed E-state index contributed by atoms with van der Waals surface area (Å²) in [6.45, 7) is 0. The van der Waals surface area contributed by atoms with E-state index in [9.17, 15) is 9.59 Å². The molecule has 0 atom stereocenters. The summed E-state index contributed by atoms with van der Waals surface area (Å²) < 4.78 is 7.49. The Hall–Kier alpha value is -1.43. The van der Waals surface area contributed by atoms with Crippen molar-refractivity contribution in [2.45, 2.75) is 0 Å². The quantitative estimate of drug-likeness (QED) is 0.495. The summed E-state index contributed by atoms with van der Waals surface area (Å²) in [5.74, 6) is 0. The molecule has 0 fully saturated rings. The van der Waals surface area contributed by atoms with Crippen molar-refractivity contribution in [1.82, 2.24) is 0 Å². The van der Waals surface area contributed by atoms with Crippen LogP contribution in [0.1, 0.15) is 0 Å². The molecule has 0 heterocycles. The molecule has 0 saturated heterocycles. The molecule has 62 valence electrons. The second-order valence-electron chi connectivity index (χ2n) is 1.17. The van der Waals surface area contributed by atoms with E-state index in [0.29, 0.717) is 6.26 Å². The van der Waals surface area contributed by atoms with E-state index in [-0.39, 0.29) is 0 Å². The van der Waals surface area contributed by atoms with Gasteiger partial charge in [0, 0.05) is 0 Å².